The highest BCUT2D eigenvalue weighted by Crippen LogP contribution is 2.10. The van der Waals surface area contributed by atoms with Crippen LogP contribution in [0.1, 0.15) is 39.0 Å². The SMILES string of the molecule is CC(NCCC(=O)N1CCCC1)C(=O)N1CCCC1. The summed E-state index contributed by atoms with van der Waals surface area (Å²) in [6, 6.07) is -0.176. The monoisotopic (exact) mass is 267 g/mol. The molecule has 5 heteroatoms. The van der Waals surface area contributed by atoms with Crippen LogP contribution in [0, 0.1) is 0 Å². The van der Waals surface area contributed by atoms with E-state index in [1.54, 1.807) is 0 Å². The Bertz CT molecular complexity index is 321. The van der Waals surface area contributed by atoms with Crippen molar-refractivity contribution in [3.8, 4) is 0 Å². The Hall–Kier alpha value is -1.10. The molecule has 0 radical (unpaired) electrons. The first-order valence-corrected chi connectivity index (χ1v) is 7.48. The van der Waals surface area contributed by atoms with Gasteiger partial charge >= 0.3 is 0 Å². The zero-order chi connectivity index (χ0) is 13.7. The van der Waals surface area contributed by atoms with Crippen LogP contribution in [0.25, 0.3) is 0 Å². The Balaban J connectivity index is 1.64. The van der Waals surface area contributed by atoms with Crippen LogP contribution in [-0.4, -0.2) is 60.4 Å². The van der Waals surface area contributed by atoms with Gasteiger partial charge < -0.3 is 15.1 Å². The predicted octanol–water partition coefficient (Wildman–Crippen LogP) is 0.599. The first kappa shape index (κ1) is 14.3. The van der Waals surface area contributed by atoms with Crippen LogP contribution in [-0.2, 0) is 9.59 Å². The lowest BCUT2D eigenvalue weighted by Gasteiger charge is -2.21. The highest BCUT2D eigenvalue weighted by molar-refractivity contribution is 5.82. The van der Waals surface area contributed by atoms with E-state index in [4.69, 9.17) is 0 Å². The smallest absolute Gasteiger partial charge is 0.239 e. The lowest BCUT2D eigenvalue weighted by molar-refractivity contribution is -0.133. The molecule has 1 atom stereocenters. The normalized spacial score (nSPS) is 20.9. The Morgan fingerprint density at radius 2 is 1.53 bits per heavy atom. The summed E-state index contributed by atoms with van der Waals surface area (Å²) in [5.74, 6) is 0.386. The number of amides is 2. The fraction of sp³-hybridized carbons (Fsp3) is 0.857. The minimum atomic E-state index is -0.176. The number of hydrogen-bond acceptors (Lipinski definition) is 3. The summed E-state index contributed by atoms with van der Waals surface area (Å²) >= 11 is 0. The van der Waals surface area contributed by atoms with Gasteiger partial charge in [0.15, 0.2) is 0 Å². The maximum Gasteiger partial charge on any atom is 0.239 e. The Morgan fingerprint density at radius 1 is 1.00 bits per heavy atom. The van der Waals surface area contributed by atoms with Crippen LogP contribution >= 0.6 is 0 Å². The molecule has 2 fully saturated rings. The Morgan fingerprint density at radius 3 is 2.11 bits per heavy atom. The molecule has 1 unspecified atom stereocenters. The molecule has 0 aromatic heterocycles. The molecule has 2 aliphatic rings. The minimum Gasteiger partial charge on any atom is -0.343 e. The van der Waals surface area contributed by atoms with Crippen molar-refractivity contribution in [2.75, 3.05) is 32.7 Å². The molecule has 2 saturated heterocycles. The van der Waals surface area contributed by atoms with E-state index in [0.717, 1.165) is 51.9 Å². The zero-order valence-electron chi connectivity index (χ0n) is 11.9. The second-order valence-corrected chi connectivity index (χ2v) is 5.55. The number of likely N-dealkylation sites (tertiary alicyclic amines) is 2. The number of carbonyl (C=O) groups excluding carboxylic acids is 2. The van der Waals surface area contributed by atoms with E-state index in [9.17, 15) is 9.59 Å². The highest BCUT2D eigenvalue weighted by atomic mass is 16.2. The molecule has 2 heterocycles. The number of rotatable bonds is 5. The van der Waals surface area contributed by atoms with Gasteiger partial charge in [-0.05, 0) is 32.6 Å². The third-order valence-corrected chi connectivity index (χ3v) is 4.04. The van der Waals surface area contributed by atoms with Crippen molar-refractivity contribution >= 4 is 11.8 Å². The molecule has 2 aliphatic heterocycles. The van der Waals surface area contributed by atoms with E-state index in [-0.39, 0.29) is 17.9 Å². The van der Waals surface area contributed by atoms with E-state index >= 15 is 0 Å². The zero-order valence-corrected chi connectivity index (χ0v) is 11.9. The molecule has 2 rings (SSSR count). The molecule has 5 nitrogen and oxygen atoms in total. The fourth-order valence-electron chi connectivity index (χ4n) is 2.82. The second-order valence-electron chi connectivity index (χ2n) is 5.55. The summed E-state index contributed by atoms with van der Waals surface area (Å²) < 4.78 is 0. The van der Waals surface area contributed by atoms with Crippen LogP contribution in [0.2, 0.25) is 0 Å². The van der Waals surface area contributed by atoms with Gasteiger partial charge in [0, 0.05) is 39.1 Å². The number of nitrogens with one attached hydrogen (secondary N) is 1. The molecule has 0 saturated carbocycles. The van der Waals surface area contributed by atoms with Gasteiger partial charge in [0.05, 0.1) is 6.04 Å². The first-order chi connectivity index (χ1) is 9.18. The highest BCUT2D eigenvalue weighted by Gasteiger charge is 2.23. The second kappa shape index (κ2) is 6.89. The summed E-state index contributed by atoms with van der Waals surface area (Å²) in [5, 5.41) is 3.17. The Kier molecular flexibility index (Phi) is 5.19. The van der Waals surface area contributed by atoms with E-state index in [2.05, 4.69) is 5.32 Å². The molecule has 0 bridgehead atoms. The van der Waals surface area contributed by atoms with Gasteiger partial charge in [-0.2, -0.15) is 0 Å². The standard InChI is InChI=1S/C14H25N3O2/c1-12(14(19)17-10-4-5-11-17)15-7-6-13(18)16-8-2-3-9-16/h12,15H,2-11H2,1H3. The molecular formula is C14H25N3O2. The third-order valence-electron chi connectivity index (χ3n) is 4.04. The quantitative estimate of drug-likeness (QED) is 0.793. The van der Waals surface area contributed by atoms with Crippen LogP contribution in [0.4, 0.5) is 0 Å². The molecule has 0 aromatic rings. The average Bonchev–Trinajstić information content (AvgIpc) is 3.10. The van der Waals surface area contributed by atoms with Gasteiger partial charge in [-0.3, -0.25) is 9.59 Å². The summed E-state index contributed by atoms with van der Waals surface area (Å²) in [4.78, 5) is 27.7. The van der Waals surface area contributed by atoms with Crippen molar-refractivity contribution in [1.29, 1.82) is 0 Å². The van der Waals surface area contributed by atoms with Crippen molar-refractivity contribution in [3.05, 3.63) is 0 Å². The molecule has 0 aliphatic carbocycles. The number of hydrogen-bond donors (Lipinski definition) is 1. The van der Waals surface area contributed by atoms with E-state index < -0.39 is 0 Å². The average molecular weight is 267 g/mol. The maximum absolute atomic E-state index is 12.0. The summed E-state index contributed by atoms with van der Waals surface area (Å²) in [6.07, 6.45) is 4.99. The largest absolute Gasteiger partial charge is 0.343 e. The van der Waals surface area contributed by atoms with E-state index in [1.807, 2.05) is 16.7 Å². The predicted molar refractivity (Wildman–Crippen MR) is 73.7 cm³/mol. The molecule has 108 valence electrons. The number of nitrogens with zero attached hydrogens (tertiary/aromatic N) is 2. The minimum absolute atomic E-state index is 0.172. The van der Waals surface area contributed by atoms with Crippen molar-refractivity contribution < 1.29 is 9.59 Å². The summed E-state index contributed by atoms with van der Waals surface area (Å²) in [6.45, 7) is 6.06. The Labute approximate surface area is 115 Å². The van der Waals surface area contributed by atoms with Gasteiger partial charge in [0.2, 0.25) is 11.8 Å². The first-order valence-electron chi connectivity index (χ1n) is 7.48. The molecular weight excluding hydrogens is 242 g/mol. The lowest BCUT2D eigenvalue weighted by atomic mass is 10.2. The molecule has 0 spiro atoms. The fourth-order valence-corrected chi connectivity index (χ4v) is 2.82. The van der Waals surface area contributed by atoms with Gasteiger partial charge in [-0.1, -0.05) is 0 Å². The summed E-state index contributed by atoms with van der Waals surface area (Å²) in [5.41, 5.74) is 0. The summed E-state index contributed by atoms with van der Waals surface area (Å²) in [7, 11) is 0. The van der Waals surface area contributed by atoms with Gasteiger partial charge in [0.25, 0.3) is 0 Å². The van der Waals surface area contributed by atoms with Crippen LogP contribution in [0.3, 0.4) is 0 Å². The van der Waals surface area contributed by atoms with Crippen LogP contribution in [0.5, 0.6) is 0 Å². The van der Waals surface area contributed by atoms with Crippen molar-refractivity contribution in [3.63, 3.8) is 0 Å². The van der Waals surface area contributed by atoms with Crippen molar-refractivity contribution in [2.45, 2.75) is 45.1 Å². The van der Waals surface area contributed by atoms with Gasteiger partial charge in [-0.15, -0.1) is 0 Å². The van der Waals surface area contributed by atoms with Crippen LogP contribution < -0.4 is 5.32 Å². The molecule has 2 amide bonds. The van der Waals surface area contributed by atoms with Crippen LogP contribution in [0.15, 0.2) is 0 Å². The van der Waals surface area contributed by atoms with Crippen molar-refractivity contribution in [1.82, 2.24) is 15.1 Å². The van der Waals surface area contributed by atoms with E-state index in [0.29, 0.717) is 13.0 Å². The topological polar surface area (TPSA) is 52.7 Å². The lowest BCUT2D eigenvalue weighted by Crippen LogP contribution is -2.44. The van der Waals surface area contributed by atoms with E-state index in [1.165, 1.54) is 0 Å². The molecule has 19 heavy (non-hydrogen) atoms. The maximum atomic E-state index is 12.0. The molecule has 1 N–H and O–H groups in total. The van der Waals surface area contributed by atoms with Crippen molar-refractivity contribution in [2.24, 2.45) is 0 Å². The van der Waals surface area contributed by atoms with Gasteiger partial charge in [-0.25, -0.2) is 0 Å². The number of carbonyl (C=O) groups is 2. The van der Waals surface area contributed by atoms with Gasteiger partial charge in [0.1, 0.15) is 0 Å². The molecule has 0 aromatic carbocycles. The third kappa shape index (κ3) is 3.93.